The normalized spacial score (nSPS) is 18.7. The Hall–Kier alpha value is -3.03. The molecule has 0 spiro atoms. The number of nitrogens with one attached hydrogen (secondary N) is 1. The molecule has 8 nitrogen and oxygen atoms in total. The molecule has 1 fully saturated rings. The number of halogens is 5. The fourth-order valence-electron chi connectivity index (χ4n) is 5.15. The highest BCUT2D eigenvalue weighted by Crippen LogP contribution is 2.45. The van der Waals surface area contributed by atoms with E-state index < -0.39 is 58.0 Å². The quantitative estimate of drug-likeness (QED) is 0.236. The van der Waals surface area contributed by atoms with E-state index in [2.05, 4.69) is 9.97 Å². The van der Waals surface area contributed by atoms with Crippen molar-refractivity contribution in [1.29, 1.82) is 0 Å². The SMILES string of the molecule is C[C@@H]1CN(c2nc(=O)[nH]c3c(SCC(CO)c4ccc(F)cc4)c(Cl)c(C(F)(F)F)cc23)C[C@H](C)N1C(=O)OC(C)(C)C. The number of carbonyl (C=O) groups is 1. The molecule has 4 rings (SSSR count). The lowest BCUT2D eigenvalue weighted by molar-refractivity contribution is -0.137. The van der Waals surface area contributed by atoms with E-state index in [1.165, 1.54) is 24.3 Å². The fraction of sp³-hybridized carbons (Fsp3) is 0.483. The zero-order valence-corrected chi connectivity index (χ0v) is 25.8. The van der Waals surface area contributed by atoms with Gasteiger partial charge in [-0.05, 0) is 58.4 Å². The molecule has 14 heteroatoms. The minimum absolute atomic E-state index is 0.0266. The summed E-state index contributed by atoms with van der Waals surface area (Å²) in [5, 5.41) is 9.43. The number of alkyl halides is 3. The number of hydrogen-bond acceptors (Lipinski definition) is 7. The molecule has 2 aromatic carbocycles. The van der Waals surface area contributed by atoms with Crippen LogP contribution in [0.4, 0.5) is 28.2 Å². The standard InChI is InChI=1S/C29H33ClF4N4O4S/c1-15-11-37(12-16(2)38(15)27(41)42-28(3,4)5)25-20-10-21(29(32,33)34)22(30)24(23(20)35-26(40)36-25)43-14-18(13-39)17-6-8-19(31)9-7-17/h6-10,15-16,18,39H,11-14H2,1-5H3,(H,35,36,40)/t15-,16+,18?. The van der Waals surface area contributed by atoms with Gasteiger partial charge in [-0.3, -0.25) is 4.90 Å². The zero-order valence-electron chi connectivity index (χ0n) is 24.3. The van der Waals surface area contributed by atoms with Crippen molar-refractivity contribution in [2.45, 2.75) is 69.3 Å². The Bertz CT molecular complexity index is 1530. The number of hydrogen-bond donors (Lipinski definition) is 2. The number of anilines is 1. The lowest BCUT2D eigenvalue weighted by Gasteiger charge is -2.45. The van der Waals surface area contributed by atoms with E-state index >= 15 is 0 Å². The first-order chi connectivity index (χ1) is 20.0. The molecule has 3 aromatic rings. The van der Waals surface area contributed by atoms with Gasteiger partial charge in [0.2, 0.25) is 0 Å². The molecule has 43 heavy (non-hydrogen) atoms. The highest BCUT2D eigenvalue weighted by atomic mass is 35.5. The molecule has 2 heterocycles. The van der Waals surface area contributed by atoms with Crippen LogP contribution in [0.15, 0.2) is 40.0 Å². The Morgan fingerprint density at radius 2 is 1.79 bits per heavy atom. The number of aromatic nitrogens is 2. The number of amides is 1. The van der Waals surface area contributed by atoms with Gasteiger partial charge in [0.05, 0.1) is 39.7 Å². The number of aromatic amines is 1. The van der Waals surface area contributed by atoms with Gasteiger partial charge in [-0.2, -0.15) is 18.2 Å². The summed E-state index contributed by atoms with van der Waals surface area (Å²) in [6.07, 6.45) is -5.34. The highest BCUT2D eigenvalue weighted by Gasteiger charge is 2.39. The van der Waals surface area contributed by atoms with Gasteiger partial charge in [-0.1, -0.05) is 23.7 Å². The van der Waals surface area contributed by atoms with E-state index in [1.54, 1.807) is 44.4 Å². The van der Waals surface area contributed by atoms with Gasteiger partial charge in [-0.15, -0.1) is 11.8 Å². The van der Waals surface area contributed by atoms with Crippen LogP contribution in [0.25, 0.3) is 10.9 Å². The lowest BCUT2D eigenvalue weighted by Crippen LogP contribution is -2.59. The van der Waals surface area contributed by atoms with E-state index in [1.807, 2.05) is 0 Å². The average molecular weight is 645 g/mol. The van der Waals surface area contributed by atoms with Crippen molar-refractivity contribution in [3.8, 4) is 0 Å². The summed E-state index contributed by atoms with van der Waals surface area (Å²) < 4.78 is 61.7. The van der Waals surface area contributed by atoms with Gasteiger partial charge < -0.3 is 19.7 Å². The Morgan fingerprint density at radius 1 is 1.19 bits per heavy atom. The van der Waals surface area contributed by atoms with Crippen LogP contribution in [0, 0.1) is 5.82 Å². The second kappa shape index (κ2) is 12.5. The molecule has 1 unspecified atom stereocenters. The van der Waals surface area contributed by atoms with Crippen molar-refractivity contribution in [3.05, 3.63) is 62.8 Å². The maximum Gasteiger partial charge on any atom is 0.417 e. The summed E-state index contributed by atoms with van der Waals surface area (Å²) in [6.45, 7) is 8.83. The molecule has 1 saturated heterocycles. The number of thioether (sulfide) groups is 1. The van der Waals surface area contributed by atoms with E-state index in [4.69, 9.17) is 16.3 Å². The molecule has 234 valence electrons. The molecule has 0 radical (unpaired) electrons. The summed E-state index contributed by atoms with van der Waals surface area (Å²) >= 11 is 7.28. The summed E-state index contributed by atoms with van der Waals surface area (Å²) in [6, 6.07) is 5.49. The minimum Gasteiger partial charge on any atom is -0.444 e. The molecule has 0 aliphatic carbocycles. The van der Waals surface area contributed by atoms with E-state index in [0.717, 1.165) is 17.8 Å². The molecule has 1 amide bonds. The molecule has 1 aliphatic rings. The van der Waals surface area contributed by atoms with Gasteiger partial charge in [0.1, 0.15) is 17.2 Å². The highest BCUT2D eigenvalue weighted by molar-refractivity contribution is 7.99. The van der Waals surface area contributed by atoms with Crippen molar-refractivity contribution in [1.82, 2.24) is 14.9 Å². The van der Waals surface area contributed by atoms with Gasteiger partial charge in [0.15, 0.2) is 0 Å². The van der Waals surface area contributed by atoms with Crippen LogP contribution in [-0.2, 0) is 10.9 Å². The predicted molar refractivity (Wildman–Crippen MR) is 159 cm³/mol. The van der Waals surface area contributed by atoms with Gasteiger partial charge in [-0.25, -0.2) is 14.0 Å². The third-order valence-corrected chi connectivity index (χ3v) is 8.79. The summed E-state index contributed by atoms with van der Waals surface area (Å²) in [5.74, 6) is -0.904. The molecular weight excluding hydrogens is 612 g/mol. The van der Waals surface area contributed by atoms with E-state index in [9.17, 15) is 32.3 Å². The van der Waals surface area contributed by atoms with Crippen molar-refractivity contribution < 1.29 is 32.2 Å². The number of rotatable bonds is 6. The maximum absolute atomic E-state index is 14.2. The zero-order chi connectivity index (χ0) is 31.9. The number of H-pyrrole nitrogens is 1. The fourth-order valence-corrected chi connectivity index (χ4v) is 6.78. The minimum atomic E-state index is -4.82. The second-order valence-electron chi connectivity index (χ2n) is 11.6. The molecule has 0 bridgehead atoms. The number of carbonyl (C=O) groups excluding carboxylic acids is 1. The number of piperazine rings is 1. The van der Waals surface area contributed by atoms with Crippen molar-refractivity contribution in [3.63, 3.8) is 0 Å². The number of benzene rings is 2. The first-order valence-electron chi connectivity index (χ1n) is 13.6. The topological polar surface area (TPSA) is 98.8 Å². The predicted octanol–water partition coefficient (Wildman–Crippen LogP) is 6.44. The Balaban J connectivity index is 1.77. The van der Waals surface area contributed by atoms with Gasteiger partial charge in [0, 0.05) is 30.1 Å². The summed E-state index contributed by atoms with van der Waals surface area (Å²) in [7, 11) is 0. The number of ether oxygens (including phenoxy) is 1. The first-order valence-corrected chi connectivity index (χ1v) is 15.0. The lowest BCUT2D eigenvalue weighted by atomic mass is 10.0. The van der Waals surface area contributed by atoms with Gasteiger partial charge >= 0.3 is 18.0 Å². The van der Waals surface area contributed by atoms with Crippen LogP contribution >= 0.6 is 23.4 Å². The molecule has 1 aromatic heterocycles. The largest absolute Gasteiger partial charge is 0.444 e. The molecule has 3 atom stereocenters. The van der Waals surface area contributed by atoms with Crippen molar-refractivity contribution in [2.24, 2.45) is 0 Å². The monoisotopic (exact) mass is 644 g/mol. The maximum atomic E-state index is 14.2. The third-order valence-electron chi connectivity index (χ3n) is 7.02. The average Bonchev–Trinajstić information content (AvgIpc) is 2.88. The number of aliphatic hydroxyl groups is 1. The van der Waals surface area contributed by atoms with E-state index in [0.29, 0.717) is 5.56 Å². The van der Waals surface area contributed by atoms with Crippen molar-refractivity contribution in [2.75, 3.05) is 30.3 Å². The Morgan fingerprint density at radius 3 is 2.33 bits per heavy atom. The van der Waals surface area contributed by atoms with Crippen LogP contribution in [0.1, 0.15) is 51.7 Å². The Kier molecular flexibility index (Phi) is 9.58. The number of nitrogens with zero attached hydrogens (tertiary/aromatic N) is 3. The smallest absolute Gasteiger partial charge is 0.417 e. The van der Waals surface area contributed by atoms with Crippen LogP contribution in [0.2, 0.25) is 5.02 Å². The number of fused-ring (bicyclic) bond motifs is 1. The number of aliphatic hydroxyl groups excluding tert-OH is 1. The molecular formula is C29H33ClF4N4O4S. The first kappa shape index (κ1) is 32.9. The van der Waals surface area contributed by atoms with Crippen LogP contribution < -0.4 is 10.6 Å². The van der Waals surface area contributed by atoms with E-state index in [-0.39, 0.29) is 47.1 Å². The Labute approximate surface area is 255 Å². The molecule has 2 N–H and O–H groups in total. The van der Waals surface area contributed by atoms with Crippen LogP contribution in [0.5, 0.6) is 0 Å². The summed E-state index contributed by atoms with van der Waals surface area (Å²) in [4.78, 5) is 35.6. The van der Waals surface area contributed by atoms with Crippen LogP contribution in [-0.4, -0.2) is 69.2 Å². The molecule has 1 aliphatic heterocycles. The van der Waals surface area contributed by atoms with Crippen LogP contribution in [0.3, 0.4) is 0 Å². The summed E-state index contributed by atoms with van der Waals surface area (Å²) in [5.41, 5.74) is -1.94. The van der Waals surface area contributed by atoms with Gasteiger partial charge in [0.25, 0.3) is 0 Å². The van der Waals surface area contributed by atoms with Crippen molar-refractivity contribution >= 4 is 46.2 Å². The third kappa shape index (κ3) is 7.38. The second-order valence-corrected chi connectivity index (χ2v) is 13.0. The molecule has 0 saturated carbocycles.